The molecule has 0 saturated carbocycles. The van der Waals surface area contributed by atoms with Crippen LogP contribution >= 0.6 is 15.9 Å². The number of carbonyl (C=O) groups is 1. The maximum absolute atomic E-state index is 13.3. The molecule has 0 radical (unpaired) electrons. The van der Waals surface area contributed by atoms with E-state index >= 15 is 0 Å². The Labute approximate surface area is 113 Å². The Kier molecular flexibility index (Phi) is 3.87. The standard InChI is InChI=1S/C14H11BrFNO/c1-9-4-3-7-17-12(9)8-13(18)10-5-2-6-11(16)14(10)15/h2-7H,8H2,1H3. The second kappa shape index (κ2) is 5.40. The van der Waals surface area contributed by atoms with E-state index in [4.69, 9.17) is 0 Å². The number of benzene rings is 1. The van der Waals surface area contributed by atoms with Crippen molar-refractivity contribution in [3.05, 3.63) is 63.6 Å². The minimum Gasteiger partial charge on any atom is -0.294 e. The van der Waals surface area contributed by atoms with Crippen LogP contribution in [0.3, 0.4) is 0 Å². The van der Waals surface area contributed by atoms with Crippen LogP contribution in [0.4, 0.5) is 4.39 Å². The zero-order valence-electron chi connectivity index (χ0n) is 9.78. The molecule has 2 aromatic rings. The minimum absolute atomic E-state index is 0.150. The van der Waals surface area contributed by atoms with E-state index in [1.165, 1.54) is 12.1 Å². The molecule has 0 aliphatic carbocycles. The van der Waals surface area contributed by atoms with Crippen molar-refractivity contribution in [3.63, 3.8) is 0 Å². The zero-order valence-corrected chi connectivity index (χ0v) is 11.4. The number of aromatic nitrogens is 1. The highest BCUT2D eigenvalue weighted by Gasteiger charge is 2.14. The largest absolute Gasteiger partial charge is 0.294 e. The molecule has 92 valence electrons. The van der Waals surface area contributed by atoms with Gasteiger partial charge in [-0.05, 0) is 40.5 Å². The lowest BCUT2D eigenvalue weighted by Crippen LogP contribution is -2.08. The average Bonchev–Trinajstić information content (AvgIpc) is 2.35. The number of Topliss-reactive ketones (excluding diaryl/α,β-unsaturated/α-hetero) is 1. The van der Waals surface area contributed by atoms with Gasteiger partial charge in [-0.25, -0.2) is 4.39 Å². The van der Waals surface area contributed by atoms with E-state index in [1.807, 2.05) is 19.1 Å². The van der Waals surface area contributed by atoms with Gasteiger partial charge in [0.15, 0.2) is 5.78 Å². The van der Waals surface area contributed by atoms with E-state index in [0.29, 0.717) is 5.56 Å². The van der Waals surface area contributed by atoms with Gasteiger partial charge in [0.05, 0.1) is 16.6 Å². The lowest BCUT2D eigenvalue weighted by atomic mass is 10.0. The van der Waals surface area contributed by atoms with Crippen molar-refractivity contribution in [2.75, 3.05) is 0 Å². The SMILES string of the molecule is Cc1cccnc1CC(=O)c1cccc(F)c1Br. The van der Waals surface area contributed by atoms with Crippen LogP contribution in [-0.2, 0) is 6.42 Å². The smallest absolute Gasteiger partial charge is 0.170 e. The lowest BCUT2D eigenvalue weighted by molar-refractivity contribution is 0.0990. The summed E-state index contributed by atoms with van der Waals surface area (Å²) in [6.07, 6.45) is 1.82. The van der Waals surface area contributed by atoms with Gasteiger partial charge in [-0.1, -0.05) is 18.2 Å². The van der Waals surface area contributed by atoms with Gasteiger partial charge in [0.2, 0.25) is 0 Å². The second-order valence-electron chi connectivity index (χ2n) is 3.97. The molecule has 0 N–H and O–H groups in total. The Morgan fingerprint density at radius 2 is 2.11 bits per heavy atom. The van der Waals surface area contributed by atoms with Crippen molar-refractivity contribution < 1.29 is 9.18 Å². The van der Waals surface area contributed by atoms with Crippen molar-refractivity contribution in [1.82, 2.24) is 4.98 Å². The van der Waals surface area contributed by atoms with Gasteiger partial charge >= 0.3 is 0 Å². The minimum atomic E-state index is -0.432. The van der Waals surface area contributed by atoms with Gasteiger partial charge in [0.1, 0.15) is 5.82 Å². The molecule has 0 fully saturated rings. The molecule has 1 heterocycles. The third-order valence-corrected chi connectivity index (χ3v) is 3.50. The van der Waals surface area contributed by atoms with Gasteiger partial charge in [-0.2, -0.15) is 0 Å². The summed E-state index contributed by atoms with van der Waals surface area (Å²) in [6, 6.07) is 8.16. The summed E-state index contributed by atoms with van der Waals surface area (Å²) < 4.78 is 13.6. The number of pyridine rings is 1. The summed E-state index contributed by atoms with van der Waals surface area (Å²) >= 11 is 3.10. The van der Waals surface area contributed by atoms with Crippen LogP contribution in [0.5, 0.6) is 0 Å². The van der Waals surface area contributed by atoms with E-state index in [-0.39, 0.29) is 16.7 Å². The third-order valence-electron chi connectivity index (χ3n) is 2.70. The molecular formula is C14H11BrFNO. The molecule has 0 aliphatic heterocycles. The predicted octanol–water partition coefficient (Wildman–Crippen LogP) is 3.72. The van der Waals surface area contributed by atoms with Crippen LogP contribution < -0.4 is 0 Å². The molecule has 0 atom stereocenters. The number of carbonyl (C=O) groups excluding carboxylic acids is 1. The second-order valence-corrected chi connectivity index (χ2v) is 4.76. The molecule has 0 saturated heterocycles. The van der Waals surface area contributed by atoms with Crippen LogP contribution in [-0.4, -0.2) is 10.8 Å². The molecule has 0 aliphatic rings. The number of hydrogen-bond donors (Lipinski definition) is 0. The summed E-state index contributed by atoms with van der Waals surface area (Å²) in [5, 5.41) is 0. The maximum atomic E-state index is 13.3. The molecule has 18 heavy (non-hydrogen) atoms. The van der Waals surface area contributed by atoms with E-state index in [1.54, 1.807) is 12.3 Å². The van der Waals surface area contributed by atoms with E-state index in [2.05, 4.69) is 20.9 Å². The molecule has 0 spiro atoms. The van der Waals surface area contributed by atoms with E-state index < -0.39 is 5.82 Å². The highest BCUT2D eigenvalue weighted by molar-refractivity contribution is 9.10. The summed E-state index contributed by atoms with van der Waals surface area (Å²) in [4.78, 5) is 16.3. The number of rotatable bonds is 3. The van der Waals surface area contributed by atoms with Crippen molar-refractivity contribution in [2.45, 2.75) is 13.3 Å². The fourth-order valence-corrected chi connectivity index (χ4v) is 2.16. The third kappa shape index (κ3) is 2.64. The van der Waals surface area contributed by atoms with E-state index in [9.17, 15) is 9.18 Å². The van der Waals surface area contributed by atoms with Crippen molar-refractivity contribution in [1.29, 1.82) is 0 Å². The van der Waals surface area contributed by atoms with Gasteiger partial charge in [-0.3, -0.25) is 9.78 Å². The van der Waals surface area contributed by atoms with Crippen molar-refractivity contribution in [2.24, 2.45) is 0 Å². The monoisotopic (exact) mass is 307 g/mol. The van der Waals surface area contributed by atoms with Crippen molar-refractivity contribution >= 4 is 21.7 Å². The van der Waals surface area contributed by atoms with Crippen LogP contribution in [0.15, 0.2) is 41.0 Å². The number of nitrogens with zero attached hydrogens (tertiary/aromatic N) is 1. The summed E-state index contributed by atoms with van der Waals surface area (Å²) in [5.74, 6) is -0.582. The molecule has 1 aromatic heterocycles. The molecule has 4 heteroatoms. The zero-order chi connectivity index (χ0) is 13.1. The topological polar surface area (TPSA) is 30.0 Å². The van der Waals surface area contributed by atoms with Gasteiger partial charge < -0.3 is 0 Å². The number of ketones is 1. The molecule has 0 bridgehead atoms. The van der Waals surface area contributed by atoms with Crippen LogP contribution in [0.2, 0.25) is 0 Å². The molecular weight excluding hydrogens is 297 g/mol. The first-order valence-electron chi connectivity index (χ1n) is 5.47. The Bertz CT molecular complexity index is 598. The average molecular weight is 308 g/mol. The lowest BCUT2D eigenvalue weighted by Gasteiger charge is -2.06. The molecule has 0 amide bonds. The number of aryl methyl sites for hydroxylation is 1. The van der Waals surface area contributed by atoms with Crippen LogP contribution in [0, 0.1) is 12.7 Å². The predicted molar refractivity (Wildman–Crippen MR) is 71.1 cm³/mol. The molecule has 1 aromatic carbocycles. The normalized spacial score (nSPS) is 10.4. The first-order valence-corrected chi connectivity index (χ1v) is 6.26. The summed E-state index contributed by atoms with van der Waals surface area (Å²) in [7, 11) is 0. The van der Waals surface area contributed by atoms with Gasteiger partial charge in [0, 0.05) is 11.8 Å². The van der Waals surface area contributed by atoms with Gasteiger partial charge in [0.25, 0.3) is 0 Å². The van der Waals surface area contributed by atoms with E-state index in [0.717, 1.165) is 11.3 Å². The Morgan fingerprint density at radius 1 is 1.33 bits per heavy atom. The Balaban J connectivity index is 2.28. The summed E-state index contributed by atoms with van der Waals surface area (Å²) in [6.45, 7) is 1.90. The highest BCUT2D eigenvalue weighted by Crippen LogP contribution is 2.22. The Hall–Kier alpha value is -1.55. The molecule has 2 nitrogen and oxygen atoms in total. The summed E-state index contributed by atoms with van der Waals surface area (Å²) in [5.41, 5.74) is 2.03. The fourth-order valence-electron chi connectivity index (χ4n) is 1.67. The number of hydrogen-bond acceptors (Lipinski definition) is 2. The maximum Gasteiger partial charge on any atom is 0.170 e. The highest BCUT2D eigenvalue weighted by atomic mass is 79.9. The first-order chi connectivity index (χ1) is 8.59. The van der Waals surface area contributed by atoms with Crippen molar-refractivity contribution in [3.8, 4) is 0 Å². The van der Waals surface area contributed by atoms with Crippen LogP contribution in [0.1, 0.15) is 21.6 Å². The van der Waals surface area contributed by atoms with Crippen LogP contribution in [0.25, 0.3) is 0 Å². The molecule has 2 rings (SSSR count). The van der Waals surface area contributed by atoms with Gasteiger partial charge in [-0.15, -0.1) is 0 Å². The first kappa shape index (κ1) is 12.9. The Morgan fingerprint density at radius 3 is 2.83 bits per heavy atom. The molecule has 0 unspecified atom stereocenters. The fraction of sp³-hybridized carbons (Fsp3) is 0.143. The quantitative estimate of drug-likeness (QED) is 0.809. The number of halogens is 2.